The summed E-state index contributed by atoms with van der Waals surface area (Å²) in [5.41, 5.74) is 0.279. The zero-order valence-corrected chi connectivity index (χ0v) is 20.2. The van der Waals surface area contributed by atoms with Gasteiger partial charge in [-0.05, 0) is 49.8 Å². The number of benzene rings is 1. The number of ether oxygens (including phenoxy) is 2. The Hall–Kier alpha value is -2.33. The zero-order chi connectivity index (χ0) is 25.0. The van der Waals surface area contributed by atoms with E-state index in [4.69, 9.17) is 9.47 Å². The van der Waals surface area contributed by atoms with E-state index in [1.165, 1.54) is 35.9 Å². The van der Waals surface area contributed by atoms with Crippen LogP contribution >= 0.6 is 0 Å². The molecule has 1 fully saturated rings. The molecule has 3 atom stereocenters. The fourth-order valence-electron chi connectivity index (χ4n) is 4.20. The number of carbonyl (C=O) groups is 2. The van der Waals surface area contributed by atoms with Crippen LogP contribution in [-0.4, -0.2) is 80.3 Å². The quantitative estimate of drug-likeness (QED) is 0.687. The number of nitrogens with one attached hydrogen (secondary N) is 1. The van der Waals surface area contributed by atoms with Gasteiger partial charge in [0.25, 0.3) is 5.91 Å². The SMILES string of the molecule is CO[C@@H]1CN(C)C(=O)c2cc(NC(=O)CC(F)(F)F)ccc2OC[C@@H](C)N(CC2CC2)C[C@@H]1C. The number of halogens is 3. The number of nitrogens with zero attached hydrogens (tertiary/aromatic N) is 2. The summed E-state index contributed by atoms with van der Waals surface area (Å²) in [6.45, 7) is 6.68. The molecule has 190 valence electrons. The lowest BCUT2D eigenvalue weighted by Crippen LogP contribution is -2.47. The van der Waals surface area contributed by atoms with Crippen LogP contribution in [0.15, 0.2) is 18.2 Å². The molecule has 0 radical (unpaired) electrons. The second kappa shape index (κ2) is 10.9. The van der Waals surface area contributed by atoms with Gasteiger partial charge in [-0.1, -0.05) is 6.92 Å². The maximum Gasteiger partial charge on any atom is 0.397 e. The van der Waals surface area contributed by atoms with Crippen LogP contribution in [0.2, 0.25) is 0 Å². The monoisotopic (exact) mass is 485 g/mol. The number of methoxy groups -OCH3 is 1. The van der Waals surface area contributed by atoms with Crippen molar-refractivity contribution in [3.63, 3.8) is 0 Å². The number of fused-ring (bicyclic) bond motifs is 1. The molecule has 10 heteroatoms. The van der Waals surface area contributed by atoms with Gasteiger partial charge >= 0.3 is 6.18 Å². The standard InChI is InChI=1S/C24H34F3N3O4/c1-15-11-30(12-17-5-6-17)16(2)14-34-20-8-7-18(28-22(31)10-24(25,26)27)9-19(20)23(32)29(3)13-21(15)33-4/h7-9,15-17,21H,5-6,10-14H2,1-4H3,(H,28,31)/t15-,16+,21+/m0/s1. The molecule has 0 spiro atoms. The molecule has 0 unspecified atom stereocenters. The van der Waals surface area contributed by atoms with E-state index in [1.807, 2.05) is 0 Å². The minimum atomic E-state index is -4.62. The van der Waals surface area contributed by atoms with Crippen LogP contribution in [0.25, 0.3) is 0 Å². The molecule has 0 aromatic heterocycles. The first-order chi connectivity index (χ1) is 16.0. The van der Waals surface area contributed by atoms with Gasteiger partial charge in [-0.2, -0.15) is 13.2 Å². The highest BCUT2D eigenvalue weighted by Crippen LogP contribution is 2.32. The van der Waals surface area contributed by atoms with Crippen molar-refractivity contribution in [2.24, 2.45) is 11.8 Å². The maximum absolute atomic E-state index is 13.3. The molecule has 2 aliphatic rings. The summed E-state index contributed by atoms with van der Waals surface area (Å²) >= 11 is 0. The number of anilines is 1. The largest absolute Gasteiger partial charge is 0.491 e. The molecule has 3 rings (SSSR count). The number of alkyl halides is 3. The molecular formula is C24H34F3N3O4. The summed E-state index contributed by atoms with van der Waals surface area (Å²) in [5.74, 6) is -0.373. The molecule has 0 bridgehead atoms. The smallest absolute Gasteiger partial charge is 0.397 e. The second-order valence-corrected chi connectivity index (χ2v) is 9.55. The highest BCUT2D eigenvalue weighted by molar-refractivity contribution is 5.99. The fraction of sp³-hybridized carbons (Fsp3) is 0.667. The fourth-order valence-corrected chi connectivity index (χ4v) is 4.20. The van der Waals surface area contributed by atoms with Gasteiger partial charge in [0.1, 0.15) is 18.8 Å². The Morgan fingerprint density at radius 1 is 1.24 bits per heavy atom. The van der Waals surface area contributed by atoms with E-state index >= 15 is 0 Å². The normalized spacial score (nSPS) is 25.1. The van der Waals surface area contributed by atoms with Crippen LogP contribution in [0.3, 0.4) is 0 Å². The summed E-state index contributed by atoms with van der Waals surface area (Å²) in [6, 6.07) is 4.42. The van der Waals surface area contributed by atoms with Crippen molar-refractivity contribution in [3.8, 4) is 5.75 Å². The van der Waals surface area contributed by atoms with Gasteiger partial charge < -0.3 is 19.7 Å². The van der Waals surface area contributed by atoms with Gasteiger partial charge in [0.2, 0.25) is 5.91 Å². The Kier molecular flexibility index (Phi) is 8.46. The first-order valence-electron chi connectivity index (χ1n) is 11.6. The van der Waals surface area contributed by atoms with Crippen molar-refractivity contribution in [1.82, 2.24) is 9.80 Å². The van der Waals surface area contributed by atoms with Gasteiger partial charge in [0, 0.05) is 45.5 Å². The molecule has 1 aromatic carbocycles. The van der Waals surface area contributed by atoms with E-state index in [0.717, 1.165) is 13.1 Å². The van der Waals surface area contributed by atoms with Crippen LogP contribution in [0.4, 0.5) is 18.9 Å². The van der Waals surface area contributed by atoms with Crippen LogP contribution in [-0.2, 0) is 9.53 Å². The predicted octanol–water partition coefficient (Wildman–Crippen LogP) is 3.79. The second-order valence-electron chi connectivity index (χ2n) is 9.55. The van der Waals surface area contributed by atoms with Crippen molar-refractivity contribution in [2.75, 3.05) is 45.7 Å². The number of amides is 2. The molecule has 34 heavy (non-hydrogen) atoms. The van der Waals surface area contributed by atoms with E-state index in [-0.39, 0.29) is 35.2 Å². The van der Waals surface area contributed by atoms with Gasteiger partial charge in [-0.25, -0.2) is 0 Å². The third-order valence-corrected chi connectivity index (χ3v) is 6.41. The minimum Gasteiger partial charge on any atom is -0.491 e. The molecule has 2 amide bonds. The predicted molar refractivity (Wildman–Crippen MR) is 122 cm³/mol. The van der Waals surface area contributed by atoms with Gasteiger partial charge in [0.15, 0.2) is 0 Å². The van der Waals surface area contributed by atoms with Gasteiger partial charge in [-0.3, -0.25) is 14.5 Å². The van der Waals surface area contributed by atoms with Crippen LogP contribution < -0.4 is 10.1 Å². The lowest BCUT2D eigenvalue weighted by atomic mass is 10.0. The van der Waals surface area contributed by atoms with E-state index < -0.39 is 18.5 Å². The Bertz CT molecular complexity index is 876. The lowest BCUT2D eigenvalue weighted by Gasteiger charge is -2.36. The summed E-state index contributed by atoms with van der Waals surface area (Å²) in [7, 11) is 3.28. The molecule has 1 saturated carbocycles. The Labute approximate surface area is 198 Å². The Balaban J connectivity index is 1.87. The van der Waals surface area contributed by atoms with Crippen molar-refractivity contribution in [2.45, 2.75) is 51.4 Å². The number of carbonyl (C=O) groups excluding carboxylic acids is 2. The highest BCUT2D eigenvalue weighted by Gasteiger charge is 2.33. The maximum atomic E-state index is 13.3. The minimum absolute atomic E-state index is 0.0897. The summed E-state index contributed by atoms with van der Waals surface area (Å²) in [5, 5.41) is 2.22. The third-order valence-electron chi connectivity index (χ3n) is 6.41. The molecule has 1 heterocycles. The van der Waals surface area contributed by atoms with Crippen molar-refractivity contribution in [3.05, 3.63) is 23.8 Å². The topological polar surface area (TPSA) is 71.1 Å². The van der Waals surface area contributed by atoms with Crippen molar-refractivity contribution >= 4 is 17.5 Å². The summed E-state index contributed by atoms with van der Waals surface area (Å²) in [4.78, 5) is 29.0. The van der Waals surface area contributed by atoms with E-state index in [2.05, 4.69) is 24.1 Å². The molecule has 7 nitrogen and oxygen atoms in total. The molecule has 1 N–H and O–H groups in total. The summed E-state index contributed by atoms with van der Waals surface area (Å²) in [6.07, 6.45) is -3.95. The highest BCUT2D eigenvalue weighted by atomic mass is 19.4. The number of rotatable bonds is 5. The summed E-state index contributed by atoms with van der Waals surface area (Å²) < 4.78 is 49.4. The molecular weight excluding hydrogens is 451 g/mol. The number of hydrogen-bond acceptors (Lipinski definition) is 5. The first-order valence-corrected chi connectivity index (χ1v) is 11.6. The molecule has 1 aliphatic carbocycles. The third kappa shape index (κ3) is 7.33. The average molecular weight is 486 g/mol. The van der Waals surface area contributed by atoms with E-state index in [9.17, 15) is 22.8 Å². The number of hydrogen-bond donors (Lipinski definition) is 1. The van der Waals surface area contributed by atoms with Gasteiger partial charge in [0.05, 0.1) is 11.7 Å². The number of likely N-dealkylation sites (N-methyl/N-ethyl adjacent to an activating group) is 1. The Morgan fingerprint density at radius 3 is 2.56 bits per heavy atom. The van der Waals surface area contributed by atoms with E-state index in [0.29, 0.717) is 24.8 Å². The molecule has 1 aliphatic heterocycles. The lowest BCUT2D eigenvalue weighted by molar-refractivity contribution is -0.150. The van der Waals surface area contributed by atoms with Crippen LogP contribution in [0.5, 0.6) is 5.75 Å². The molecule has 0 saturated heterocycles. The van der Waals surface area contributed by atoms with E-state index in [1.54, 1.807) is 14.2 Å². The van der Waals surface area contributed by atoms with Gasteiger partial charge in [-0.15, -0.1) is 0 Å². The van der Waals surface area contributed by atoms with Crippen LogP contribution in [0.1, 0.15) is 43.5 Å². The first kappa shape index (κ1) is 26.3. The average Bonchev–Trinajstić information content (AvgIpc) is 3.57. The Morgan fingerprint density at radius 2 is 1.94 bits per heavy atom. The molecule has 1 aromatic rings. The van der Waals surface area contributed by atoms with Crippen molar-refractivity contribution in [1.29, 1.82) is 0 Å². The van der Waals surface area contributed by atoms with Crippen LogP contribution in [0, 0.1) is 11.8 Å². The zero-order valence-electron chi connectivity index (χ0n) is 20.2. The van der Waals surface area contributed by atoms with Crippen molar-refractivity contribution < 1.29 is 32.2 Å².